The quantitative estimate of drug-likeness (QED) is 0.689. The molecular weight excluding hydrogens is 256 g/mol. The number of carbonyl (C=O) groups is 1. The summed E-state index contributed by atoms with van der Waals surface area (Å²) in [6.45, 7) is 0. The number of ether oxygens (including phenoxy) is 1. The molecule has 20 heavy (non-hydrogen) atoms. The first-order valence-corrected chi connectivity index (χ1v) is 6.72. The van der Waals surface area contributed by atoms with Crippen LogP contribution in [0.25, 0.3) is 11.0 Å². The lowest BCUT2D eigenvalue weighted by molar-refractivity contribution is -0.116. The molecule has 100 valence electrons. The zero-order chi connectivity index (χ0) is 13.7. The molecule has 1 aromatic carbocycles. The van der Waals surface area contributed by atoms with Crippen molar-refractivity contribution in [2.24, 2.45) is 0 Å². The zero-order valence-electron chi connectivity index (χ0n) is 10.8. The van der Waals surface area contributed by atoms with Crippen molar-refractivity contribution in [3.05, 3.63) is 51.6 Å². The largest absolute Gasteiger partial charge is 0.460 e. The van der Waals surface area contributed by atoms with Gasteiger partial charge in [0.15, 0.2) is 5.78 Å². The molecule has 0 amide bonds. The van der Waals surface area contributed by atoms with Gasteiger partial charge in [-0.3, -0.25) is 4.79 Å². The van der Waals surface area contributed by atoms with Gasteiger partial charge in [0.25, 0.3) is 0 Å². The predicted molar refractivity (Wildman–Crippen MR) is 72.7 cm³/mol. The molecule has 4 heteroatoms. The lowest BCUT2D eigenvalue weighted by atomic mass is 9.89. The highest BCUT2D eigenvalue weighted by molar-refractivity contribution is 5.98. The average molecular weight is 268 g/mol. The van der Waals surface area contributed by atoms with E-state index in [0.717, 1.165) is 24.0 Å². The van der Waals surface area contributed by atoms with Crippen LogP contribution < -0.4 is 10.4 Å². The Labute approximate surface area is 114 Å². The Kier molecular flexibility index (Phi) is 2.33. The SMILES string of the molecule is O=C1CCCC2=C1Cc1c(c3ccccc3oc1=O)O2. The van der Waals surface area contributed by atoms with E-state index in [9.17, 15) is 9.59 Å². The van der Waals surface area contributed by atoms with E-state index in [1.807, 2.05) is 18.2 Å². The lowest BCUT2D eigenvalue weighted by Crippen LogP contribution is -2.24. The summed E-state index contributed by atoms with van der Waals surface area (Å²) in [4.78, 5) is 24.0. The summed E-state index contributed by atoms with van der Waals surface area (Å²) in [7, 11) is 0. The Morgan fingerprint density at radius 1 is 1.05 bits per heavy atom. The van der Waals surface area contributed by atoms with Crippen molar-refractivity contribution in [2.45, 2.75) is 25.7 Å². The van der Waals surface area contributed by atoms with Crippen molar-refractivity contribution < 1.29 is 13.9 Å². The molecule has 1 aromatic heterocycles. The fourth-order valence-corrected chi connectivity index (χ4v) is 2.91. The van der Waals surface area contributed by atoms with Gasteiger partial charge in [-0.05, 0) is 18.6 Å². The second kappa shape index (κ2) is 4.07. The number of Topliss-reactive ketones (excluding diaryl/α,β-unsaturated/α-hetero) is 1. The maximum Gasteiger partial charge on any atom is 0.343 e. The highest BCUT2D eigenvalue weighted by Gasteiger charge is 2.31. The van der Waals surface area contributed by atoms with E-state index >= 15 is 0 Å². The van der Waals surface area contributed by atoms with Crippen molar-refractivity contribution >= 4 is 16.8 Å². The van der Waals surface area contributed by atoms with Gasteiger partial charge in [0.1, 0.15) is 17.1 Å². The zero-order valence-corrected chi connectivity index (χ0v) is 10.8. The molecule has 0 radical (unpaired) electrons. The molecule has 0 atom stereocenters. The van der Waals surface area contributed by atoms with Gasteiger partial charge < -0.3 is 9.15 Å². The summed E-state index contributed by atoms with van der Waals surface area (Å²) >= 11 is 0. The molecule has 1 aliphatic heterocycles. The van der Waals surface area contributed by atoms with E-state index < -0.39 is 5.63 Å². The Morgan fingerprint density at radius 3 is 2.80 bits per heavy atom. The maximum absolute atomic E-state index is 12.1. The Balaban J connectivity index is 1.98. The third kappa shape index (κ3) is 1.54. The van der Waals surface area contributed by atoms with Crippen molar-refractivity contribution in [3.63, 3.8) is 0 Å². The number of allylic oxidation sites excluding steroid dienone is 2. The molecule has 0 spiro atoms. The van der Waals surface area contributed by atoms with Crippen LogP contribution in [0, 0.1) is 0 Å². The minimum atomic E-state index is -0.413. The van der Waals surface area contributed by atoms with Crippen LogP contribution in [-0.4, -0.2) is 5.78 Å². The van der Waals surface area contributed by atoms with Crippen LogP contribution in [0.2, 0.25) is 0 Å². The van der Waals surface area contributed by atoms with E-state index in [4.69, 9.17) is 9.15 Å². The van der Waals surface area contributed by atoms with Gasteiger partial charge in [-0.15, -0.1) is 0 Å². The fraction of sp³-hybridized carbons (Fsp3) is 0.250. The average Bonchev–Trinajstić information content (AvgIpc) is 2.47. The van der Waals surface area contributed by atoms with E-state index in [0.29, 0.717) is 35.3 Å². The summed E-state index contributed by atoms with van der Waals surface area (Å²) in [6, 6.07) is 7.31. The van der Waals surface area contributed by atoms with Crippen molar-refractivity contribution in [1.82, 2.24) is 0 Å². The maximum atomic E-state index is 12.1. The number of hydrogen-bond acceptors (Lipinski definition) is 4. The highest BCUT2D eigenvalue weighted by Crippen LogP contribution is 2.38. The molecule has 0 unspecified atom stereocenters. The molecule has 2 aromatic rings. The molecule has 0 saturated heterocycles. The molecule has 2 aliphatic rings. The van der Waals surface area contributed by atoms with E-state index in [2.05, 4.69) is 0 Å². The Hall–Kier alpha value is -2.36. The molecule has 4 rings (SSSR count). The number of para-hydroxylation sites is 1. The van der Waals surface area contributed by atoms with Crippen molar-refractivity contribution in [3.8, 4) is 5.75 Å². The number of benzene rings is 1. The highest BCUT2D eigenvalue weighted by atomic mass is 16.5. The number of carbonyl (C=O) groups excluding carboxylic acids is 1. The van der Waals surface area contributed by atoms with Gasteiger partial charge in [-0.2, -0.15) is 0 Å². The molecule has 4 nitrogen and oxygen atoms in total. The number of rotatable bonds is 0. The van der Waals surface area contributed by atoms with Crippen LogP contribution in [0.4, 0.5) is 0 Å². The van der Waals surface area contributed by atoms with E-state index in [1.165, 1.54) is 0 Å². The minimum absolute atomic E-state index is 0.0875. The number of ketones is 1. The topological polar surface area (TPSA) is 56.5 Å². The number of hydrogen-bond donors (Lipinski definition) is 0. The van der Waals surface area contributed by atoms with E-state index in [-0.39, 0.29) is 5.78 Å². The molecule has 0 saturated carbocycles. The summed E-state index contributed by atoms with van der Waals surface area (Å²) in [5.74, 6) is 1.37. The van der Waals surface area contributed by atoms with Crippen molar-refractivity contribution in [2.75, 3.05) is 0 Å². The first-order valence-electron chi connectivity index (χ1n) is 6.72. The van der Waals surface area contributed by atoms with Crippen LogP contribution in [0.1, 0.15) is 24.8 Å². The molecule has 0 fully saturated rings. The summed E-state index contributed by atoms with van der Waals surface area (Å²) in [5.41, 5.74) is 1.20. The summed E-state index contributed by atoms with van der Waals surface area (Å²) in [5, 5.41) is 0.784. The standard InChI is InChI=1S/C16H12O4/c17-12-5-3-7-14-10(12)8-11-15(19-14)9-4-1-2-6-13(9)20-16(11)18/h1-2,4,6H,3,5,7-8H2. The van der Waals surface area contributed by atoms with Crippen LogP contribution in [-0.2, 0) is 11.2 Å². The smallest absolute Gasteiger partial charge is 0.343 e. The van der Waals surface area contributed by atoms with Gasteiger partial charge >= 0.3 is 5.63 Å². The van der Waals surface area contributed by atoms with Crippen LogP contribution in [0.5, 0.6) is 5.75 Å². The Bertz CT molecular complexity index is 826. The van der Waals surface area contributed by atoms with Gasteiger partial charge in [0, 0.05) is 24.8 Å². The first kappa shape index (κ1) is 11.5. The fourth-order valence-electron chi connectivity index (χ4n) is 2.91. The van der Waals surface area contributed by atoms with Gasteiger partial charge in [0.05, 0.1) is 10.9 Å². The molecule has 1 aliphatic carbocycles. The summed E-state index contributed by atoms with van der Waals surface area (Å²) in [6.07, 6.45) is 2.44. The van der Waals surface area contributed by atoms with Gasteiger partial charge in [-0.25, -0.2) is 4.79 Å². The first-order chi connectivity index (χ1) is 9.74. The van der Waals surface area contributed by atoms with Crippen LogP contribution in [0.3, 0.4) is 0 Å². The molecule has 0 N–H and O–H groups in total. The molecule has 2 heterocycles. The van der Waals surface area contributed by atoms with Crippen LogP contribution in [0.15, 0.2) is 44.8 Å². The van der Waals surface area contributed by atoms with Gasteiger partial charge in [-0.1, -0.05) is 12.1 Å². The lowest BCUT2D eigenvalue weighted by Gasteiger charge is -2.25. The van der Waals surface area contributed by atoms with Crippen LogP contribution >= 0.6 is 0 Å². The molecule has 0 bridgehead atoms. The minimum Gasteiger partial charge on any atom is -0.460 e. The molecular formula is C16H12O4. The third-order valence-electron chi connectivity index (χ3n) is 3.91. The second-order valence-corrected chi connectivity index (χ2v) is 5.15. The van der Waals surface area contributed by atoms with Crippen molar-refractivity contribution in [1.29, 1.82) is 0 Å². The van der Waals surface area contributed by atoms with E-state index in [1.54, 1.807) is 6.07 Å². The number of fused-ring (bicyclic) bond motifs is 3. The van der Waals surface area contributed by atoms with Gasteiger partial charge in [0.2, 0.25) is 0 Å². The third-order valence-corrected chi connectivity index (χ3v) is 3.91. The Morgan fingerprint density at radius 2 is 1.90 bits per heavy atom. The monoisotopic (exact) mass is 268 g/mol. The predicted octanol–water partition coefficient (Wildman–Crippen LogP) is 2.74. The second-order valence-electron chi connectivity index (χ2n) is 5.15. The normalized spacial score (nSPS) is 17.7. The summed E-state index contributed by atoms with van der Waals surface area (Å²) < 4.78 is 11.2.